The van der Waals surface area contributed by atoms with Gasteiger partial charge in [0.15, 0.2) is 0 Å². The average Bonchev–Trinajstić information content (AvgIpc) is 3.10. The van der Waals surface area contributed by atoms with Gasteiger partial charge in [-0.15, -0.1) is 0 Å². The molecule has 0 aliphatic carbocycles. The van der Waals surface area contributed by atoms with E-state index >= 15 is 0 Å². The van der Waals surface area contributed by atoms with Crippen LogP contribution < -0.4 is 15.3 Å². The maximum absolute atomic E-state index is 3.70. The van der Waals surface area contributed by atoms with Crippen molar-refractivity contribution in [3.05, 3.63) is 205 Å². The maximum Gasteiger partial charge on any atom is 0.0540 e. The summed E-state index contributed by atoms with van der Waals surface area (Å²) < 4.78 is 0. The first-order chi connectivity index (χ1) is 22.3. The smallest absolute Gasteiger partial charge is 0.0540 e. The molecule has 0 amide bonds. The zero-order chi connectivity index (χ0) is 30.7. The molecule has 0 fully saturated rings. The first-order valence-corrected chi connectivity index (χ1v) is 15.2. The van der Waals surface area contributed by atoms with Crippen molar-refractivity contribution in [1.29, 1.82) is 0 Å². The van der Waals surface area contributed by atoms with Crippen molar-refractivity contribution in [3.8, 4) is 11.1 Å². The van der Waals surface area contributed by atoms with E-state index in [-0.39, 0.29) is 0 Å². The number of hydrogen-bond donors (Lipinski definition) is 0. The summed E-state index contributed by atoms with van der Waals surface area (Å²) in [5.41, 5.74) is 6.96. The van der Waals surface area contributed by atoms with Gasteiger partial charge in [-0.3, -0.25) is 0 Å². The lowest BCUT2D eigenvalue weighted by molar-refractivity contribution is 1.30. The van der Waals surface area contributed by atoms with E-state index in [0.29, 0.717) is 0 Å². The van der Waals surface area contributed by atoms with Crippen LogP contribution in [0.25, 0.3) is 40.1 Å². The lowest BCUT2D eigenvalue weighted by Gasteiger charge is -2.27. The zero-order valence-corrected chi connectivity index (χ0v) is 25.2. The van der Waals surface area contributed by atoms with Crippen LogP contribution in [0.1, 0.15) is 5.56 Å². The van der Waals surface area contributed by atoms with Crippen LogP contribution in [0.15, 0.2) is 189 Å². The standard InChI is InChI=1S/C44H35N/c1-2-3-4-5-7-17-36-18-10-11-19-37(36)21-14-16-35-27-29-38(30-28-35)39-31-33-42(34-32-39)45(41-23-8-6-9-24-41)44-26-15-22-40-20-12-13-25-43(40)44/h2-34H,1H2/b4-3-,7-5-,16-14-,36-17+,37-21-. The van der Waals surface area contributed by atoms with E-state index in [1.807, 2.05) is 24.3 Å². The fourth-order valence-electron chi connectivity index (χ4n) is 5.44. The van der Waals surface area contributed by atoms with Crippen molar-refractivity contribution in [2.45, 2.75) is 0 Å². The summed E-state index contributed by atoms with van der Waals surface area (Å²) in [5.74, 6) is 0. The number of fused-ring (bicyclic) bond motifs is 1. The highest BCUT2D eigenvalue weighted by Gasteiger charge is 2.15. The van der Waals surface area contributed by atoms with Crippen molar-refractivity contribution in [3.63, 3.8) is 0 Å². The van der Waals surface area contributed by atoms with E-state index < -0.39 is 0 Å². The molecule has 0 saturated carbocycles. The predicted octanol–water partition coefficient (Wildman–Crippen LogP) is 10.5. The summed E-state index contributed by atoms with van der Waals surface area (Å²) in [7, 11) is 0. The molecule has 0 bridgehead atoms. The van der Waals surface area contributed by atoms with Gasteiger partial charge in [-0.2, -0.15) is 0 Å². The lowest BCUT2D eigenvalue weighted by Crippen LogP contribution is -2.22. The largest absolute Gasteiger partial charge is 0.310 e. The van der Waals surface area contributed by atoms with Gasteiger partial charge in [0.1, 0.15) is 0 Å². The topological polar surface area (TPSA) is 3.24 Å². The highest BCUT2D eigenvalue weighted by molar-refractivity contribution is 5.98. The molecular weight excluding hydrogens is 542 g/mol. The molecule has 0 saturated heterocycles. The summed E-state index contributed by atoms with van der Waals surface area (Å²) in [6.07, 6.45) is 18.2. The molecule has 0 radical (unpaired) electrons. The minimum Gasteiger partial charge on any atom is -0.310 e. The summed E-state index contributed by atoms with van der Waals surface area (Å²) in [6.45, 7) is 3.70. The van der Waals surface area contributed by atoms with E-state index in [4.69, 9.17) is 0 Å². The van der Waals surface area contributed by atoms with E-state index in [9.17, 15) is 0 Å². The number of allylic oxidation sites excluding steroid dienone is 6. The first-order valence-electron chi connectivity index (χ1n) is 15.2. The minimum atomic E-state index is 1.12. The molecule has 1 heteroatoms. The summed E-state index contributed by atoms with van der Waals surface area (Å²) in [6, 6.07) is 51.6. The van der Waals surface area contributed by atoms with Crippen molar-refractivity contribution >= 4 is 46.1 Å². The van der Waals surface area contributed by atoms with Crippen molar-refractivity contribution in [2.24, 2.45) is 0 Å². The Balaban J connectivity index is 1.23. The van der Waals surface area contributed by atoms with Crippen LogP contribution in [0, 0.1) is 0 Å². The Bertz CT molecular complexity index is 2090. The van der Waals surface area contributed by atoms with Crippen LogP contribution in [0.3, 0.4) is 0 Å². The molecule has 0 unspecified atom stereocenters. The number of rotatable bonds is 9. The molecule has 6 aromatic rings. The number of hydrogen-bond acceptors (Lipinski definition) is 1. The van der Waals surface area contributed by atoms with E-state index in [1.54, 1.807) is 6.08 Å². The Morgan fingerprint density at radius 3 is 1.76 bits per heavy atom. The predicted molar refractivity (Wildman–Crippen MR) is 196 cm³/mol. The SMILES string of the molecule is C=C\C=C/C=C\C=c1/cccc/c1=C/C=C\c1ccc(-c2ccc(N(c3ccccc3)c3cccc4ccccc34)cc2)cc1. The first kappa shape index (κ1) is 29.2. The minimum absolute atomic E-state index is 1.12. The second kappa shape index (κ2) is 14.5. The van der Waals surface area contributed by atoms with Gasteiger partial charge in [-0.05, 0) is 62.8 Å². The number of benzene rings is 6. The summed E-state index contributed by atoms with van der Waals surface area (Å²) in [4.78, 5) is 2.34. The molecule has 0 aromatic heterocycles. The third-order valence-electron chi connectivity index (χ3n) is 7.70. The van der Waals surface area contributed by atoms with Crippen molar-refractivity contribution in [2.75, 3.05) is 4.90 Å². The zero-order valence-electron chi connectivity index (χ0n) is 25.2. The quantitative estimate of drug-likeness (QED) is 0.155. The number of nitrogens with zero attached hydrogens (tertiary/aromatic N) is 1. The Labute approximate surface area is 266 Å². The monoisotopic (exact) mass is 577 g/mol. The molecule has 6 rings (SSSR count). The molecule has 1 nitrogen and oxygen atoms in total. The van der Waals surface area contributed by atoms with Crippen LogP contribution in [-0.2, 0) is 0 Å². The molecule has 0 heterocycles. The third kappa shape index (κ3) is 7.18. The Morgan fingerprint density at radius 1 is 0.444 bits per heavy atom. The summed E-state index contributed by atoms with van der Waals surface area (Å²) >= 11 is 0. The van der Waals surface area contributed by atoms with Crippen LogP contribution in [0.2, 0.25) is 0 Å². The van der Waals surface area contributed by atoms with E-state index in [0.717, 1.165) is 22.6 Å². The van der Waals surface area contributed by atoms with Gasteiger partial charge in [-0.1, -0.05) is 177 Å². The fraction of sp³-hybridized carbons (Fsp3) is 0. The van der Waals surface area contributed by atoms with Crippen LogP contribution in [0.5, 0.6) is 0 Å². The molecule has 6 aromatic carbocycles. The molecule has 0 spiro atoms. The van der Waals surface area contributed by atoms with E-state index in [1.165, 1.54) is 32.3 Å². The maximum atomic E-state index is 3.70. The molecule has 0 N–H and O–H groups in total. The van der Waals surface area contributed by atoms with Gasteiger partial charge >= 0.3 is 0 Å². The van der Waals surface area contributed by atoms with Gasteiger partial charge < -0.3 is 4.90 Å². The van der Waals surface area contributed by atoms with Crippen LogP contribution in [0.4, 0.5) is 17.1 Å². The second-order valence-electron chi connectivity index (χ2n) is 10.7. The van der Waals surface area contributed by atoms with Crippen molar-refractivity contribution < 1.29 is 0 Å². The highest BCUT2D eigenvalue weighted by Crippen LogP contribution is 2.39. The summed E-state index contributed by atoms with van der Waals surface area (Å²) in [5, 5.41) is 4.81. The van der Waals surface area contributed by atoms with Gasteiger partial charge in [0, 0.05) is 16.8 Å². The number of para-hydroxylation sites is 1. The van der Waals surface area contributed by atoms with Gasteiger partial charge in [0.05, 0.1) is 5.69 Å². The second-order valence-corrected chi connectivity index (χ2v) is 10.7. The Hall–Kier alpha value is -5.92. The Kier molecular flexibility index (Phi) is 9.40. The number of anilines is 3. The van der Waals surface area contributed by atoms with Gasteiger partial charge in [0.2, 0.25) is 0 Å². The van der Waals surface area contributed by atoms with Gasteiger partial charge in [0.25, 0.3) is 0 Å². The fourth-order valence-corrected chi connectivity index (χ4v) is 5.44. The normalized spacial score (nSPS) is 12.5. The average molecular weight is 578 g/mol. The van der Waals surface area contributed by atoms with E-state index in [2.05, 4.69) is 181 Å². The van der Waals surface area contributed by atoms with Crippen molar-refractivity contribution in [1.82, 2.24) is 0 Å². The molecule has 45 heavy (non-hydrogen) atoms. The third-order valence-corrected chi connectivity index (χ3v) is 7.70. The van der Waals surface area contributed by atoms with Crippen LogP contribution in [-0.4, -0.2) is 0 Å². The molecule has 216 valence electrons. The highest BCUT2D eigenvalue weighted by atomic mass is 15.1. The lowest BCUT2D eigenvalue weighted by atomic mass is 10.0. The Morgan fingerprint density at radius 2 is 1.02 bits per heavy atom. The van der Waals surface area contributed by atoms with Gasteiger partial charge in [-0.25, -0.2) is 0 Å². The molecular formula is C44H35N. The molecule has 0 aliphatic heterocycles. The van der Waals surface area contributed by atoms with Crippen LogP contribution >= 0.6 is 0 Å². The molecule has 0 atom stereocenters. The molecule has 0 aliphatic rings.